The highest BCUT2D eigenvalue weighted by Crippen LogP contribution is 2.30. The topological polar surface area (TPSA) is 34.1 Å². The Kier molecular flexibility index (Phi) is 5.34. The van der Waals surface area contributed by atoms with E-state index in [0.29, 0.717) is 24.0 Å². The van der Waals surface area contributed by atoms with Crippen LogP contribution in [-0.2, 0) is 4.74 Å². The third-order valence-electron chi connectivity index (χ3n) is 4.14. The summed E-state index contributed by atoms with van der Waals surface area (Å²) in [6, 6.07) is 4.75. The van der Waals surface area contributed by atoms with Crippen LogP contribution in [0.4, 0.5) is 0 Å². The van der Waals surface area contributed by atoms with Gasteiger partial charge in [-0.05, 0) is 49.9 Å². The van der Waals surface area contributed by atoms with Crippen LogP contribution in [0.25, 0.3) is 0 Å². The van der Waals surface area contributed by atoms with Crippen molar-refractivity contribution in [2.24, 2.45) is 5.92 Å². The number of hydrogen-bond acceptors (Lipinski definition) is 3. The van der Waals surface area contributed by atoms with Crippen molar-refractivity contribution < 1.29 is 4.74 Å². The molecule has 0 amide bonds. The zero-order valence-corrected chi connectivity index (χ0v) is 12.3. The SMILES string of the molecule is CCCNC(C1COC(C)C1)C(C)c1ccncc1. The van der Waals surface area contributed by atoms with Crippen molar-refractivity contribution in [1.82, 2.24) is 10.3 Å². The average molecular weight is 262 g/mol. The third kappa shape index (κ3) is 3.77. The molecular weight excluding hydrogens is 236 g/mol. The monoisotopic (exact) mass is 262 g/mol. The molecule has 2 heterocycles. The van der Waals surface area contributed by atoms with E-state index in [9.17, 15) is 0 Å². The van der Waals surface area contributed by atoms with Gasteiger partial charge in [0, 0.05) is 24.4 Å². The van der Waals surface area contributed by atoms with Gasteiger partial charge in [-0.2, -0.15) is 0 Å². The van der Waals surface area contributed by atoms with E-state index in [1.165, 1.54) is 12.0 Å². The zero-order chi connectivity index (χ0) is 13.7. The summed E-state index contributed by atoms with van der Waals surface area (Å²) in [4.78, 5) is 4.11. The largest absolute Gasteiger partial charge is 0.378 e. The second kappa shape index (κ2) is 7.01. The maximum Gasteiger partial charge on any atom is 0.0551 e. The Morgan fingerprint density at radius 3 is 2.74 bits per heavy atom. The Balaban J connectivity index is 2.08. The van der Waals surface area contributed by atoms with E-state index in [2.05, 4.69) is 43.2 Å². The van der Waals surface area contributed by atoms with Gasteiger partial charge in [0.1, 0.15) is 0 Å². The molecule has 1 fully saturated rings. The van der Waals surface area contributed by atoms with Crippen molar-refractivity contribution in [2.75, 3.05) is 13.2 Å². The molecule has 4 atom stereocenters. The van der Waals surface area contributed by atoms with E-state index >= 15 is 0 Å². The first-order valence-corrected chi connectivity index (χ1v) is 7.47. The number of rotatable bonds is 6. The fraction of sp³-hybridized carbons (Fsp3) is 0.688. The Morgan fingerprint density at radius 2 is 2.16 bits per heavy atom. The summed E-state index contributed by atoms with van der Waals surface area (Å²) in [5.74, 6) is 1.11. The lowest BCUT2D eigenvalue weighted by atomic mass is 9.84. The van der Waals surface area contributed by atoms with Gasteiger partial charge in [-0.3, -0.25) is 4.98 Å². The van der Waals surface area contributed by atoms with Crippen LogP contribution in [0.3, 0.4) is 0 Å². The number of aromatic nitrogens is 1. The molecule has 19 heavy (non-hydrogen) atoms. The van der Waals surface area contributed by atoms with Crippen LogP contribution < -0.4 is 5.32 Å². The fourth-order valence-electron chi connectivity index (χ4n) is 3.04. The van der Waals surface area contributed by atoms with Crippen molar-refractivity contribution in [3.05, 3.63) is 30.1 Å². The molecule has 0 spiro atoms. The molecule has 1 aliphatic heterocycles. The van der Waals surface area contributed by atoms with Crippen LogP contribution in [-0.4, -0.2) is 30.3 Å². The van der Waals surface area contributed by atoms with E-state index in [0.717, 1.165) is 19.6 Å². The van der Waals surface area contributed by atoms with Gasteiger partial charge < -0.3 is 10.1 Å². The molecule has 4 unspecified atom stereocenters. The second-order valence-corrected chi connectivity index (χ2v) is 5.69. The third-order valence-corrected chi connectivity index (χ3v) is 4.14. The van der Waals surface area contributed by atoms with Crippen LogP contribution in [0.2, 0.25) is 0 Å². The summed E-state index contributed by atoms with van der Waals surface area (Å²) < 4.78 is 5.76. The van der Waals surface area contributed by atoms with Gasteiger partial charge >= 0.3 is 0 Å². The van der Waals surface area contributed by atoms with Gasteiger partial charge in [-0.15, -0.1) is 0 Å². The fourth-order valence-corrected chi connectivity index (χ4v) is 3.04. The van der Waals surface area contributed by atoms with Gasteiger partial charge in [0.2, 0.25) is 0 Å². The molecular formula is C16H26N2O. The summed E-state index contributed by atoms with van der Waals surface area (Å²) >= 11 is 0. The van der Waals surface area contributed by atoms with Gasteiger partial charge in [-0.25, -0.2) is 0 Å². The Morgan fingerprint density at radius 1 is 1.42 bits per heavy atom. The molecule has 0 aromatic carbocycles. The van der Waals surface area contributed by atoms with Gasteiger partial charge in [0.15, 0.2) is 0 Å². The van der Waals surface area contributed by atoms with E-state index in [1.807, 2.05) is 12.4 Å². The van der Waals surface area contributed by atoms with Crippen LogP contribution in [0, 0.1) is 5.92 Å². The molecule has 1 aromatic heterocycles. The minimum atomic E-state index is 0.403. The summed E-state index contributed by atoms with van der Waals surface area (Å²) in [5.41, 5.74) is 1.36. The van der Waals surface area contributed by atoms with Crippen molar-refractivity contribution >= 4 is 0 Å². The lowest BCUT2D eigenvalue weighted by Gasteiger charge is -2.30. The van der Waals surface area contributed by atoms with Crippen LogP contribution in [0.5, 0.6) is 0 Å². The van der Waals surface area contributed by atoms with Gasteiger partial charge in [-0.1, -0.05) is 13.8 Å². The lowest BCUT2D eigenvalue weighted by Crippen LogP contribution is -2.41. The minimum absolute atomic E-state index is 0.403. The van der Waals surface area contributed by atoms with Crippen LogP contribution in [0.1, 0.15) is 45.1 Å². The minimum Gasteiger partial charge on any atom is -0.378 e. The van der Waals surface area contributed by atoms with Crippen LogP contribution in [0.15, 0.2) is 24.5 Å². The van der Waals surface area contributed by atoms with Crippen molar-refractivity contribution in [1.29, 1.82) is 0 Å². The summed E-state index contributed by atoms with van der Waals surface area (Å²) in [7, 11) is 0. The van der Waals surface area contributed by atoms with Crippen molar-refractivity contribution in [3.63, 3.8) is 0 Å². The molecule has 2 rings (SSSR count). The van der Waals surface area contributed by atoms with Gasteiger partial charge in [0.25, 0.3) is 0 Å². The summed E-state index contributed by atoms with van der Waals surface area (Å²) in [6.45, 7) is 8.66. The average Bonchev–Trinajstić information content (AvgIpc) is 2.86. The van der Waals surface area contributed by atoms with E-state index < -0.39 is 0 Å². The molecule has 1 N–H and O–H groups in total. The molecule has 1 aliphatic rings. The quantitative estimate of drug-likeness (QED) is 0.856. The summed E-state index contributed by atoms with van der Waals surface area (Å²) in [6.07, 6.45) is 6.51. The number of nitrogens with one attached hydrogen (secondary N) is 1. The number of pyridine rings is 1. The molecule has 0 bridgehead atoms. The predicted octanol–water partition coefficient (Wildman–Crippen LogP) is 2.98. The highest BCUT2D eigenvalue weighted by molar-refractivity contribution is 5.18. The molecule has 1 saturated heterocycles. The highest BCUT2D eigenvalue weighted by atomic mass is 16.5. The molecule has 3 heteroatoms. The van der Waals surface area contributed by atoms with E-state index in [4.69, 9.17) is 4.74 Å². The maximum absolute atomic E-state index is 5.76. The molecule has 1 aromatic rings. The molecule has 106 valence electrons. The van der Waals surface area contributed by atoms with Crippen LogP contribution >= 0.6 is 0 Å². The Hall–Kier alpha value is -0.930. The smallest absolute Gasteiger partial charge is 0.0551 e. The molecule has 0 radical (unpaired) electrons. The van der Waals surface area contributed by atoms with Crippen molar-refractivity contribution in [2.45, 2.75) is 51.7 Å². The lowest BCUT2D eigenvalue weighted by molar-refractivity contribution is 0.115. The first-order valence-electron chi connectivity index (χ1n) is 7.47. The predicted molar refractivity (Wildman–Crippen MR) is 78.3 cm³/mol. The van der Waals surface area contributed by atoms with Crippen molar-refractivity contribution in [3.8, 4) is 0 Å². The Bertz CT molecular complexity index is 368. The first-order chi connectivity index (χ1) is 9.22. The van der Waals surface area contributed by atoms with E-state index in [1.54, 1.807) is 0 Å². The maximum atomic E-state index is 5.76. The first kappa shape index (κ1) is 14.5. The number of hydrogen-bond donors (Lipinski definition) is 1. The Labute approximate surface area is 116 Å². The van der Waals surface area contributed by atoms with E-state index in [-0.39, 0.29) is 0 Å². The standard InChI is InChI=1S/C16H26N2O/c1-4-7-18-16(15-10-12(2)19-11-15)13(3)14-5-8-17-9-6-14/h5-6,8-9,12-13,15-16,18H,4,7,10-11H2,1-3H3. The molecule has 3 nitrogen and oxygen atoms in total. The molecule has 0 saturated carbocycles. The van der Waals surface area contributed by atoms with Gasteiger partial charge in [0.05, 0.1) is 12.7 Å². The summed E-state index contributed by atoms with van der Waals surface area (Å²) in [5, 5.41) is 3.73. The second-order valence-electron chi connectivity index (χ2n) is 5.69. The number of nitrogens with zero attached hydrogens (tertiary/aromatic N) is 1. The zero-order valence-electron chi connectivity index (χ0n) is 12.3. The molecule has 0 aliphatic carbocycles. The number of ether oxygens (including phenoxy) is 1. The normalized spacial score (nSPS) is 26.3. The highest BCUT2D eigenvalue weighted by Gasteiger charge is 2.32.